The first kappa shape index (κ1) is 39.3. The zero-order valence-electron chi connectivity index (χ0n) is 23.1. The minimum absolute atomic E-state index is 0.230. The number of aromatic nitrogens is 2. The smallest absolute Gasteiger partial charge is 0.475 e. The molecule has 0 aromatic carbocycles. The zero-order valence-corrected chi connectivity index (χ0v) is 23.9. The molecule has 21 heteroatoms. The van der Waals surface area contributed by atoms with E-state index in [0.717, 1.165) is 56.5 Å². The molecule has 4 heterocycles. The molecule has 2 saturated heterocycles. The molecule has 0 aliphatic carbocycles. The molecule has 2 aliphatic heterocycles. The van der Waals surface area contributed by atoms with E-state index in [4.69, 9.17) is 39.4 Å². The molecule has 1 atom stereocenters. The summed E-state index contributed by atoms with van der Waals surface area (Å²) in [7, 11) is 0. The number of hydrogen-bond acceptors (Lipinski definition) is 9. The largest absolute Gasteiger partial charge is 0.490 e. The van der Waals surface area contributed by atoms with Crippen LogP contribution < -0.4 is 4.90 Å². The highest BCUT2D eigenvalue weighted by Gasteiger charge is 2.39. The van der Waals surface area contributed by atoms with E-state index in [9.17, 15) is 39.5 Å². The maximum Gasteiger partial charge on any atom is 0.490 e. The number of hydrogen-bond donors (Lipinski definition) is 3. The van der Waals surface area contributed by atoms with Gasteiger partial charge in [-0.25, -0.2) is 19.4 Å². The van der Waals surface area contributed by atoms with Crippen LogP contribution in [0.15, 0.2) is 23.6 Å². The maximum absolute atomic E-state index is 10.6. The molecule has 254 valence electrons. The highest BCUT2D eigenvalue weighted by molar-refractivity contribution is 7.13. The fourth-order valence-corrected chi connectivity index (χ4v) is 4.40. The minimum Gasteiger partial charge on any atom is -0.475 e. The van der Waals surface area contributed by atoms with Gasteiger partial charge in [-0.3, -0.25) is 9.88 Å². The molecule has 2 aliphatic rings. The van der Waals surface area contributed by atoms with E-state index in [1.807, 2.05) is 13.0 Å². The van der Waals surface area contributed by atoms with Crippen LogP contribution in [0.25, 0.3) is 0 Å². The number of aliphatic carboxylic acids is 3. The highest BCUT2D eigenvalue weighted by Crippen LogP contribution is 2.31. The van der Waals surface area contributed by atoms with Gasteiger partial charge in [-0.05, 0) is 31.9 Å². The maximum atomic E-state index is 10.6. The highest BCUT2D eigenvalue weighted by atomic mass is 32.1. The number of halogens is 9. The molecule has 3 N–H and O–H groups in total. The van der Waals surface area contributed by atoms with Crippen molar-refractivity contribution in [2.75, 3.05) is 37.7 Å². The minimum atomic E-state index is -5.08. The summed E-state index contributed by atoms with van der Waals surface area (Å²) in [6.07, 6.45) is -12.7. The summed E-state index contributed by atoms with van der Waals surface area (Å²) in [5, 5.41) is 24.8. The monoisotopic (exact) mass is 686 g/mol. The van der Waals surface area contributed by atoms with Crippen LogP contribution in [-0.2, 0) is 25.7 Å². The van der Waals surface area contributed by atoms with Crippen LogP contribution >= 0.6 is 11.3 Å². The number of ether oxygens (including phenoxy) is 1. The van der Waals surface area contributed by atoms with Gasteiger partial charge in [-0.2, -0.15) is 39.5 Å². The van der Waals surface area contributed by atoms with Crippen LogP contribution in [0.4, 0.5) is 44.6 Å². The number of thiazole rings is 1. The molecule has 1 unspecified atom stereocenters. The lowest BCUT2D eigenvalue weighted by molar-refractivity contribution is -0.193. The molecule has 2 aromatic rings. The van der Waals surface area contributed by atoms with E-state index < -0.39 is 36.4 Å². The summed E-state index contributed by atoms with van der Waals surface area (Å²) in [6.45, 7) is 7.61. The summed E-state index contributed by atoms with van der Waals surface area (Å²) in [6, 6.07) is 6.47. The summed E-state index contributed by atoms with van der Waals surface area (Å²) in [5.41, 5.74) is 3.34. The van der Waals surface area contributed by atoms with E-state index in [2.05, 4.69) is 32.3 Å². The van der Waals surface area contributed by atoms with E-state index in [0.29, 0.717) is 0 Å². The van der Waals surface area contributed by atoms with Crippen molar-refractivity contribution in [1.29, 1.82) is 0 Å². The summed E-state index contributed by atoms with van der Waals surface area (Å²) in [5.74, 6) is -8.27. The molecule has 0 spiro atoms. The number of rotatable bonds is 4. The molecular formula is C24H27F9N4O7S. The number of alkyl halides is 9. The quantitative estimate of drug-likeness (QED) is 0.376. The Labute approximate surface area is 252 Å². The first-order chi connectivity index (χ1) is 20.6. The fraction of sp³-hybridized carbons (Fsp3) is 0.542. The lowest BCUT2D eigenvalue weighted by Gasteiger charge is -2.34. The van der Waals surface area contributed by atoms with Gasteiger partial charge in [0.25, 0.3) is 0 Å². The van der Waals surface area contributed by atoms with E-state index >= 15 is 0 Å². The fourth-order valence-electron chi connectivity index (χ4n) is 3.48. The molecule has 11 nitrogen and oxygen atoms in total. The lowest BCUT2D eigenvalue weighted by atomic mass is 10.1. The number of carboxylic acids is 3. The second-order valence-corrected chi connectivity index (χ2v) is 9.83. The third kappa shape index (κ3) is 14.7. The van der Waals surface area contributed by atoms with Crippen molar-refractivity contribution in [3.63, 3.8) is 0 Å². The number of nitrogens with zero attached hydrogens (tertiary/aromatic N) is 4. The molecule has 2 fully saturated rings. The molecule has 0 bridgehead atoms. The van der Waals surface area contributed by atoms with E-state index in [1.54, 1.807) is 11.3 Å². The van der Waals surface area contributed by atoms with Crippen LogP contribution in [0.2, 0.25) is 0 Å². The van der Waals surface area contributed by atoms with Crippen molar-refractivity contribution in [2.45, 2.75) is 50.9 Å². The summed E-state index contributed by atoms with van der Waals surface area (Å²) >= 11 is 1.77. The van der Waals surface area contributed by atoms with Crippen LogP contribution in [0, 0.1) is 6.92 Å². The SMILES string of the molecule is Cc1cccc(CN2CCOCC2c2csc(N3CCCC3)n2)n1.O=C(O)C(F)(F)F.O=C(O)C(F)(F)F.O=C(O)C(F)(F)F. The van der Waals surface area contributed by atoms with Crippen molar-refractivity contribution in [3.8, 4) is 0 Å². The number of carbonyl (C=O) groups is 3. The first-order valence-electron chi connectivity index (χ1n) is 12.5. The molecule has 0 radical (unpaired) electrons. The Morgan fingerprint density at radius 1 is 0.867 bits per heavy atom. The number of carboxylic acid groups (broad SMARTS) is 3. The van der Waals surface area contributed by atoms with Gasteiger partial charge in [0.1, 0.15) is 0 Å². The number of pyridine rings is 1. The molecular weight excluding hydrogens is 659 g/mol. The van der Waals surface area contributed by atoms with Crippen molar-refractivity contribution in [1.82, 2.24) is 14.9 Å². The van der Waals surface area contributed by atoms with Gasteiger partial charge in [-0.15, -0.1) is 11.3 Å². The zero-order chi connectivity index (χ0) is 34.6. The van der Waals surface area contributed by atoms with Crippen LogP contribution in [-0.4, -0.2) is 99.5 Å². The molecule has 2 aromatic heterocycles. The number of aryl methyl sites for hydroxylation is 1. The Balaban J connectivity index is 0.000000396. The summed E-state index contributed by atoms with van der Waals surface area (Å²) in [4.78, 5) is 41.1. The number of morpholine rings is 1. The predicted molar refractivity (Wildman–Crippen MR) is 138 cm³/mol. The third-order valence-electron chi connectivity index (χ3n) is 5.51. The Morgan fingerprint density at radius 2 is 1.36 bits per heavy atom. The molecule has 0 saturated carbocycles. The van der Waals surface area contributed by atoms with Gasteiger partial charge in [0.15, 0.2) is 5.13 Å². The Bertz CT molecular complexity index is 1190. The van der Waals surface area contributed by atoms with Gasteiger partial charge >= 0.3 is 36.4 Å². The van der Waals surface area contributed by atoms with Crippen molar-refractivity contribution in [2.24, 2.45) is 0 Å². The standard InChI is InChI=1S/C18H24N4OS.3C2HF3O2/c1-14-5-4-6-15(19-14)11-22-9-10-23-12-17(22)16-13-24-18(20-16)21-7-2-3-8-21;3*3-2(4,5)1(6)7/h4-6,13,17H,2-3,7-12H2,1H3;3*(H,6,7). The summed E-state index contributed by atoms with van der Waals surface area (Å²) < 4.78 is 101. The predicted octanol–water partition coefficient (Wildman–Crippen LogP) is 4.92. The normalized spacial score (nSPS) is 17.1. The second kappa shape index (κ2) is 17.1. The Morgan fingerprint density at radius 3 is 1.80 bits per heavy atom. The third-order valence-corrected chi connectivity index (χ3v) is 6.43. The van der Waals surface area contributed by atoms with Gasteiger partial charge in [-0.1, -0.05) is 6.07 Å². The first-order valence-corrected chi connectivity index (χ1v) is 13.4. The van der Waals surface area contributed by atoms with Gasteiger partial charge in [0.2, 0.25) is 0 Å². The second-order valence-electron chi connectivity index (χ2n) is 8.99. The molecule has 45 heavy (non-hydrogen) atoms. The Kier molecular flexibility index (Phi) is 14.9. The number of anilines is 1. The lowest BCUT2D eigenvalue weighted by Crippen LogP contribution is -2.39. The Hall–Kier alpha value is -3.72. The molecule has 4 rings (SSSR count). The van der Waals surface area contributed by atoms with Gasteiger partial charge < -0.3 is 25.0 Å². The van der Waals surface area contributed by atoms with Crippen LogP contribution in [0.5, 0.6) is 0 Å². The average molecular weight is 687 g/mol. The average Bonchev–Trinajstić information content (AvgIpc) is 3.61. The topological polar surface area (TPSA) is 153 Å². The van der Waals surface area contributed by atoms with Crippen LogP contribution in [0.1, 0.15) is 36.0 Å². The van der Waals surface area contributed by atoms with Crippen molar-refractivity contribution >= 4 is 34.4 Å². The van der Waals surface area contributed by atoms with Gasteiger partial charge in [0, 0.05) is 37.3 Å². The van der Waals surface area contributed by atoms with Crippen LogP contribution in [0.3, 0.4) is 0 Å². The van der Waals surface area contributed by atoms with Crippen molar-refractivity contribution in [3.05, 3.63) is 40.7 Å². The van der Waals surface area contributed by atoms with E-state index in [1.165, 1.54) is 18.0 Å². The van der Waals surface area contributed by atoms with Crippen molar-refractivity contribution < 1.29 is 74.0 Å². The molecule has 0 amide bonds. The van der Waals surface area contributed by atoms with E-state index in [-0.39, 0.29) is 6.04 Å². The van der Waals surface area contributed by atoms with Gasteiger partial charge in [0.05, 0.1) is 30.6 Å².